The first kappa shape index (κ1) is 51.6. The summed E-state index contributed by atoms with van der Waals surface area (Å²) in [5.41, 5.74) is 0.528. The predicted octanol–water partition coefficient (Wildman–Crippen LogP) is 19.0. The molecular formula is C52H78F7N. The summed E-state index contributed by atoms with van der Waals surface area (Å²) < 4.78 is 105. The van der Waals surface area contributed by atoms with Crippen LogP contribution in [0.3, 0.4) is 0 Å². The largest absolute Gasteiger partial charge is 0.338 e. The standard InChI is InChI=1S/C52H78F7N/c1-3-5-7-9-11-13-15-17-19-21-23-25-27-29-31-33-35-41-36-38-42(39-37-41)60(40-34-32-30-28-26-24-22-20-18-16-14-12-10-8-6-4-2)52-44-43(46(54)50(58)51(52)59)45(53)48(56)49(57)47(44)55/h36-39H,3-35,40H2,1-2H3. The number of hydrogen-bond acceptors (Lipinski definition) is 1. The molecule has 340 valence electrons. The predicted molar refractivity (Wildman–Crippen MR) is 240 cm³/mol. The molecule has 3 rings (SSSR count). The highest BCUT2D eigenvalue weighted by atomic mass is 19.2. The fourth-order valence-electron chi connectivity index (χ4n) is 8.64. The van der Waals surface area contributed by atoms with Gasteiger partial charge in [-0.3, -0.25) is 0 Å². The lowest BCUT2D eigenvalue weighted by Crippen LogP contribution is -2.22. The van der Waals surface area contributed by atoms with Crippen LogP contribution in [0.15, 0.2) is 24.3 Å². The average Bonchev–Trinajstić information content (AvgIpc) is 3.25. The highest BCUT2D eigenvalue weighted by molar-refractivity contribution is 5.98. The Bertz CT molecular complexity index is 1580. The molecule has 0 amide bonds. The summed E-state index contributed by atoms with van der Waals surface area (Å²) in [6.45, 7) is 4.54. The molecular weight excluding hydrogens is 772 g/mol. The van der Waals surface area contributed by atoms with E-state index >= 15 is 13.2 Å². The van der Waals surface area contributed by atoms with Gasteiger partial charge >= 0.3 is 0 Å². The van der Waals surface area contributed by atoms with Gasteiger partial charge < -0.3 is 4.90 Å². The van der Waals surface area contributed by atoms with Crippen LogP contribution in [-0.2, 0) is 6.42 Å². The molecule has 0 spiro atoms. The molecule has 0 unspecified atom stereocenters. The van der Waals surface area contributed by atoms with Crippen LogP contribution in [0.5, 0.6) is 0 Å². The summed E-state index contributed by atoms with van der Waals surface area (Å²) >= 11 is 0. The highest BCUT2D eigenvalue weighted by Crippen LogP contribution is 2.42. The molecule has 0 aliphatic carbocycles. The minimum absolute atomic E-state index is 0.0497. The van der Waals surface area contributed by atoms with Crippen molar-refractivity contribution in [3.05, 3.63) is 70.5 Å². The third-order valence-corrected chi connectivity index (χ3v) is 12.4. The first-order valence-corrected chi connectivity index (χ1v) is 24.4. The Morgan fingerprint density at radius 3 is 0.983 bits per heavy atom. The lowest BCUT2D eigenvalue weighted by molar-refractivity contribution is 0.410. The van der Waals surface area contributed by atoms with Crippen LogP contribution in [-0.4, -0.2) is 6.54 Å². The summed E-state index contributed by atoms with van der Waals surface area (Å²) in [4.78, 5) is 1.25. The van der Waals surface area contributed by atoms with Crippen molar-refractivity contribution in [2.24, 2.45) is 0 Å². The molecule has 0 aromatic heterocycles. The number of halogens is 7. The molecule has 8 heteroatoms. The maximum Gasteiger partial charge on any atom is 0.198 e. The Morgan fingerprint density at radius 1 is 0.317 bits per heavy atom. The number of unbranched alkanes of at least 4 members (excludes halogenated alkanes) is 30. The summed E-state index contributed by atoms with van der Waals surface area (Å²) in [6.07, 6.45) is 39.8. The molecule has 0 saturated heterocycles. The van der Waals surface area contributed by atoms with Crippen molar-refractivity contribution >= 4 is 22.1 Å². The van der Waals surface area contributed by atoms with Gasteiger partial charge in [0.1, 0.15) is 0 Å². The molecule has 1 nitrogen and oxygen atoms in total. The number of nitrogens with zero attached hydrogens (tertiary/aromatic N) is 1. The topological polar surface area (TPSA) is 3.24 Å². The van der Waals surface area contributed by atoms with E-state index in [1.54, 1.807) is 12.1 Å². The van der Waals surface area contributed by atoms with Crippen molar-refractivity contribution in [2.75, 3.05) is 11.4 Å². The molecule has 0 atom stereocenters. The highest BCUT2D eigenvalue weighted by Gasteiger charge is 2.33. The zero-order valence-electron chi connectivity index (χ0n) is 37.4. The Morgan fingerprint density at radius 2 is 0.617 bits per heavy atom. The number of fused-ring (bicyclic) bond motifs is 1. The van der Waals surface area contributed by atoms with E-state index in [9.17, 15) is 17.6 Å². The van der Waals surface area contributed by atoms with E-state index in [4.69, 9.17) is 0 Å². The van der Waals surface area contributed by atoms with E-state index in [0.29, 0.717) is 12.1 Å². The van der Waals surface area contributed by atoms with Crippen molar-refractivity contribution in [1.82, 2.24) is 0 Å². The van der Waals surface area contributed by atoms with Gasteiger partial charge in [0.2, 0.25) is 0 Å². The lowest BCUT2D eigenvalue weighted by atomic mass is 10.0. The Labute approximate surface area is 359 Å². The second kappa shape index (κ2) is 31.1. The molecule has 0 bridgehead atoms. The number of rotatable bonds is 36. The number of benzene rings is 3. The van der Waals surface area contributed by atoms with Gasteiger partial charge in [0.05, 0.1) is 16.5 Å². The molecule has 0 aliphatic heterocycles. The molecule has 0 fully saturated rings. The summed E-state index contributed by atoms with van der Waals surface area (Å²) in [6, 6.07) is 7.10. The van der Waals surface area contributed by atoms with Gasteiger partial charge in [0, 0.05) is 12.2 Å². The summed E-state index contributed by atoms with van der Waals surface area (Å²) in [5, 5.41) is -2.60. The zero-order chi connectivity index (χ0) is 43.4. The van der Waals surface area contributed by atoms with Crippen LogP contribution in [0.1, 0.15) is 225 Å². The van der Waals surface area contributed by atoms with Crippen LogP contribution in [0.25, 0.3) is 10.8 Å². The first-order valence-electron chi connectivity index (χ1n) is 24.4. The van der Waals surface area contributed by atoms with Crippen molar-refractivity contribution < 1.29 is 30.7 Å². The van der Waals surface area contributed by atoms with E-state index in [2.05, 4.69) is 13.8 Å². The zero-order valence-corrected chi connectivity index (χ0v) is 37.4. The maximum atomic E-state index is 15.7. The minimum Gasteiger partial charge on any atom is -0.338 e. The Hall–Kier alpha value is -2.77. The number of aryl methyl sites for hydroxylation is 1. The van der Waals surface area contributed by atoms with Crippen molar-refractivity contribution in [3.63, 3.8) is 0 Å². The van der Waals surface area contributed by atoms with Gasteiger partial charge in [-0.15, -0.1) is 0 Å². The lowest BCUT2D eigenvalue weighted by Gasteiger charge is -2.28. The molecule has 0 radical (unpaired) electrons. The summed E-state index contributed by atoms with van der Waals surface area (Å²) in [5.74, 6) is -14.5. The molecule has 3 aromatic rings. The Balaban J connectivity index is 1.51. The van der Waals surface area contributed by atoms with Gasteiger partial charge in [-0.25, -0.2) is 30.7 Å². The van der Waals surface area contributed by atoms with Gasteiger partial charge in [0.15, 0.2) is 40.7 Å². The molecule has 0 aliphatic rings. The number of hydrogen-bond donors (Lipinski definition) is 0. The molecule has 0 saturated carbocycles. The molecule has 60 heavy (non-hydrogen) atoms. The van der Waals surface area contributed by atoms with E-state index in [0.717, 1.165) is 56.9 Å². The molecule has 0 heterocycles. The van der Waals surface area contributed by atoms with Crippen LogP contribution in [0, 0.1) is 40.7 Å². The maximum absolute atomic E-state index is 15.7. The van der Waals surface area contributed by atoms with E-state index < -0.39 is 57.2 Å². The van der Waals surface area contributed by atoms with Crippen LogP contribution in [0.4, 0.5) is 42.1 Å². The summed E-state index contributed by atoms with van der Waals surface area (Å²) in [7, 11) is 0. The quantitative estimate of drug-likeness (QED) is 0.0244. The molecule has 3 aromatic carbocycles. The SMILES string of the molecule is CCCCCCCCCCCCCCCCCCc1ccc(N(CCCCCCCCCCCCCCCCCC)c2c(F)c(F)c(F)c3c(F)c(F)c(F)c(F)c23)cc1. The van der Waals surface area contributed by atoms with Crippen LogP contribution in [0.2, 0.25) is 0 Å². The smallest absolute Gasteiger partial charge is 0.198 e. The second-order valence-corrected chi connectivity index (χ2v) is 17.5. The fourth-order valence-corrected chi connectivity index (χ4v) is 8.64. The van der Waals surface area contributed by atoms with Crippen molar-refractivity contribution in [3.8, 4) is 0 Å². The Kier molecular flexibility index (Phi) is 26.8. The van der Waals surface area contributed by atoms with Crippen LogP contribution >= 0.6 is 0 Å². The van der Waals surface area contributed by atoms with Gasteiger partial charge in [-0.2, -0.15) is 0 Å². The van der Waals surface area contributed by atoms with E-state index in [1.165, 1.54) is 159 Å². The van der Waals surface area contributed by atoms with E-state index in [1.807, 2.05) is 12.1 Å². The van der Waals surface area contributed by atoms with Gasteiger partial charge in [0.25, 0.3) is 0 Å². The number of anilines is 2. The van der Waals surface area contributed by atoms with Gasteiger partial charge in [-0.1, -0.05) is 219 Å². The third-order valence-electron chi connectivity index (χ3n) is 12.4. The van der Waals surface area contributed by atoms with Gasteiger partial charge in [-0.05, 0) is 37.0 Å². The minimum atomic E-state index is -2.28. The molecule has 0 N–H and O–H groups in total. The van der Waals surface area contributed by atoms with Crippen LogP contribution < -0.4 is 4.90 Å². The van der Waals surface area contributed by atoms with E-state index in [-0.39, 0.29) is 6.54 Å². The van der Waals surface area contributed by atoms with Crippen molar-refractivity contribution in [2.45, 2.75) is 226 Å². The normalized spacial score (nSPS) is 11.7. The monoisotopic (exact) mass is 850 g/mol. The first-order chi connectivity index (χ1) is 29.2. The third kappa shape index (κ3) is 17.9. The average molecular weight is 850 g/mol. The van der Waals surface area contributed by atoms with Crippen molar-refractivity contribution in [1.29, 1.82) is 0 Å². The second-order valence-electron chi connectivity index (χ2n) is 17.5. The fraction of sp³-hybridized carbons (Fsp3) is 0.692.